The smallest absolute Gasteiger partial charge is 0.146 e. The van der Waals surface area contributed by atoms with E-state index in [4.69, 9.17) is 11.6 Å². The van der Waals surface area contributed by atoms with Gasteiger partial charge in [-0.25, -0.2) is 9.97 Å². The predicted molar refractivity (Wildman–Crippen MR) is 70.3 cm³/mol. The molecule has 0 atom stereocenters. The molecule has 1 saturated carbocycles. The number of aromatic nitrogens is 2. The summed E-state index contributed by atoms with van der Waals surface area (Å²) in [5.74, 6) is 1.53. The molecule has 0 amide bonds. The lowest BCUT2D eigenvalue weighted by molar-refractivity contribution is 0.400. The normalized spacial score (nSPS) is 16.5. The molecule has 15 heavy (non-hydrogen) atoms. The van der Waals surface area contributed by atoms with Crippen molar-refractivity contribution in [3.05, 3.63) is 20.2 Å². The van der Waals surface area contributed by atoms with E-state index in [2.05, 4.69) is 39.5 Å². The predicted octanol–water partition coefficient (Wildman–Crippen LogP) is 3.95. The van der Waals surface area contributed by atoms with E-state index in [0.29, 0.717) is 11.1 Å². The second kappa shape index (κ2) is 4.95. The van der Waals surface area contributed by atoms with Crippen molar-refractivity contribution >= 4 is 34.2 Å². The Kier molecular flexibility index (Phi) is 3.83. The van der Waals surface area contributed by atoms with Gasteiger partial charge in [-0.3, -0.25) is 0 Å². The van der Waals surface area contributed by atoms with E-state index in [9.17, 15) is 0 Å². The third-order valence-corrected chi connectivity index (χ3v) is 4.58. The third-order valence-electron chi connectivity index (χ3n) is 2.85. The van der Waals surface area contributed by atoms with Crippen LogP contribution in [0.4, 0.5) is 0 Å². The number of hydrogen-bond acceptors (Lipinski definition) is 2. The van der Waals surface area contributed by atoms with Crippen LogP contribution in [-0.2, 0) is 6.42 Å². The number of aryl methyl sites for hydroxylation is 1. The van der Waals surface area contributed by atoms with Crippen LogP contribution >= 0.6 is 34.2 Å². The summed E-state index contributed by atoms with van der Waals surface area (Å²) < 4.78 is 1.03. The van der Waals surface area contributed by atoms with Crippen molar-refractivity contribution in [3.8, 4) is 0 Å². The summed E-state index contributed by atoms with van der Waals surface area (Å²) in [6.07, 6.45) is 5.86. The molecule has 0 bridgehead atoms. The van der Waals surface area contributed by atoms with Gasteiger partial charge in [0.2, 0.25) is 0 Å². The highest BCUT2D eigenvalue weighted by atomic mass is 127. The third kappa shape index (κ3) is 2.44. The molecule has 0 radical (unpaired) electrons. The van der Waals surface area contributed by atoms with Crippen LogP contribution in [0.25, 0.3) is 0 Å². The first kappa shape index (κ1) is 11.6. The van der Waals surface area contributed by atoms with Gasteiger partial charge in [0.15, 0.2) is 0 Å². The van der Waals surface area contributed by atoms with Crippen LogP contribution in [0.1, 0.15) is 50.0 Å². The first-order valence-corrected chi connectivity index (χ1v) is 6.89. The van der Waals surface area contributed by atoms with Crippen LogP contribution in [0.2, 0.25) is 5.15 Å². The minimum absolute atomic E-state index is 0.565. The Hall–Kier alpha value is 0.100. The molecule has 0 aromatic carbocycles. The lowest BCUT2D eigenvalue weighted by Crippen LogP contribution is -2.14. The van der Waals surface area contributed by atoms with Gasteiger partial charge in [-0.1, -0.05) is 31.4 Å². The molecule has 2 nitrogen and oxygen atoms in total. The minimum Gasteiger partial charge on any atom is -0.236 e. The van der Waals surface area contributed by atoms with E-state index >= 15 is 0 Å². The molecule has 1 fully saturated rings. The fourth-order valence-electron chi connectivity index (χ4n) is 1.73. The van der Waals surface area contributed by atoms with Crippen molar-refractivity contribution in [1.82, 2.24) is 9.97 Å². The van der Waals surface area contributed by atoms with Crippen LogP contribution in [0.5, 0.6) is 0 Å². The Morgan fingerprint density at radius 1 is 1.40 bits per heavy atom. The zero-order chi connectivity index (χ0) is 10.8. The van der Waals surface area contributed by atoms with E-state index in [1.54, 1.807) is 0 Å². The minimum atomic E-state index is 0.565. The van der Waals surface area contributed by atoms with Crippen LogP contribution in [0, 0.1) is 3.57 Å². The molecule has 0 saturated heterocycles. The standard InChI is InChI=1S/C11H14ClIN2/c1-2-4-8-9(13)10(12)15-11(14-8)7-5-3-6-7/h7H,2-6H2,1H3. The molecule has 1 heterocycles. The highest BCUT2D eigenvalue weighted by Crippen LogP contribution is 2.35. The monoisotopic (exact) mass is 336 g/mol. The highest BCUT2D eigenvalue weighted by Gasteiger charge is 2.24. The fraction of sp³-hybridized carbons (Fsp3) is 0.636. The number of halogens is 2. The van der Waals surface area contributed by atoms with Crippen molar-refractivity contribution in [1.29, 1.82) is 0 Å². The second-order valence-corrected chi connectivity index (χ2v) is 5.45. The van der Waals surface area contributed by atoms with Crippen molar-refractivity contribution in [2.75, 3.05) is 0 Å². The summed E-state index contributed by atoms with van der Waals surface area (Å²) in [4.78, 5) is 9.03. The SMILES string of the molecule is CCCc1nc(C2CCC2)nc(Cl)c1I. The molecule has 0 spiro atoms. The van der Waals surface area contributed by atoms with Crippen molar-refractivity contribution in [2.24, 2.45) is 0 Å². The Labute approximate surface area is 109 Å². The fourth-order valence-corrected chi connectivity index (χ4v) is 2.44. The summed E-state index contributed by atoms with van der Waals surface area (Å²) >= 11 is 8.36. The average Bonchev–Trinajstić information content (AvgIpc) is 2.11. The molecule has 0 unspecified atom stereocenters. The number of nitrogens with zero attached hydrogens (tertiary/aromatic N) is 2. The van der Waals surface area contributed by atoms with E-state index in [-0.39, 0.29) is 0 Å². The van der Waals surface area contributed by atoms with Crippen LogP contribution < -0.4 is 0 Å². The van der Waals surface area contributed by atoms with Crippen molar-refractivity contribution in [2.45, 2.75) is 44.9 Å². The lowest BCUT2D eigenvalue weighted by atomic mass is 9.85. The molecule has 2 rings (SSSR count). The van der Waals surface area contributed by atoms with E-state index in [0.717, 1.165) is 27.9 Å². The number of hydrogen-bond donors (Lipinski definition) is 0. The average molecular weight is 337 g/mol. The van der Waals surface area contributed by atoms with Crippen LogP contribution in [0.15, 0.2) is 0 Å². The van der Waals surface area contributed by atoms with Crippen molar-refractivity contribution < 1.29 is 0 Å². The second-order valence-electron chi connectivity index (χ2n) is 4.01. The molecule has 0 aliphatic heterocycles. The van der Waals surface area contributed by atoms with Gasteiger partial charge in [-0.15, -0.1) is 0 Å². The molecular formula is C11H14ClIN2. The summed E-state index contributed by atoms with van der Waals surface area (Å²) in [7, 11) is 0. The molecule has 1 aromatic rings. The largest absolute Gasteiger partial charge is 0.236 e. The molecule has 0 N–H and O–H groups in total. The Morgan fingerprint density at radius 2 is 2.13 bits per heavy atom. The molecule has 1 aromatic heterocycles. The Balaban J connectivity index is 2.31. The number of rotatable bonds is 3. The summed E-state index contributed by atoms with van der Waals surface area (Å²) in [5, 5.41) is 0.635. The first-order valence-electron chi connectivity index (χ1n) is 5.44. The van der Waals surface area contributed by atoms with Gasteiger partial charge < -0.3 is 0 Å². The van der Waals surface area contributed by atoms with E-state index in [1.807, 2.05) is 0 Å². The molecule has 82 valence electrons. The van der Waals surface area contributed by atoms with Gasteiger partial charge in [0.25, 0.3) is 0 Å². The zero-order valence-corrected chi connectivity index (χ0v) is 11.7. The quantitative estimate of drug-likeness (QED) is 0.617. The van der Waals surface area contributed by atoms with Gasteiger partial charge >= 0.3 is 0 Å². The summed E-state index contributed by atoms with van der Waals surface area (Å²) in [6.45, 7) is 2.16. The zero-order valence-electron chi connectivity index (χ0n) is 8.76. The lowest BCUT2D eigenvalue weighted by Gasteiger charge is -2.24. The van der Waals surface area contributed by atoms with Gasteiger partial charge in [0.1, 0.15) is 11.0 Å². The van der Waals surface area contributed by atoms with Crippen LogP contribution in [0.3, 0.4) is 0 Å². The Bertz CT molecular complexity index is 364. The maximum atomic E-state index is 6.12. The maximum Gasteiger partial charge on any atom is 0.146 e. The summed E-state index contributed by atoms with van der Waals surface area (Å²) in [6, 6.07) is 0. The topological polar surface area (TPSA) is 25.8 Å². The summed E-state index contributed by atoms with van der Waals surface area (Å²) in [5.41, 5.74) is 1.13. The van der Waals surface area contributed by atoms with Crippen molar-refractivity contribution in [3.63, 3.8) is 0 Å². The van der Waals surface area contributed by atoms with E-state index in [1.165, 1.54) is 19.3 Å². The molecule has 1 aliphatic rings. The maximum absolute atomic E-state index is 6.12. The molecule has 4 heteroatoms. The molecule has 1 aliphatic carbocycles. The van der Waals surface area contributed by atoms with Gasteiger partial charge in [0, 0.05) is 5.92 Å². The van der Waals surface area contributed by atoms with Crippen LogP contribution in [-0.4, -0.2) is 9.97 Å². The van der Waals surface area contributed by atoms with Gasteiger partial charge in [0.05, 0.1) is 9.26 Å². The Morgan fingerprint density at radius 3 is 2.67 bits per heavy atom. The highest BCUT2D eigenvalue weighted by molar-refractivity contribution is 14.1. The van der Waals surface area contributed by atoms with E-state index < -0.39 is 0 Å². The van der Waals surface area contributed by atoms with Gasteiger partial charge in [-0.05, 0) is 41.9 Å². The first-order chi connectivity index (χ1) is 7.22. The van der Waals surface area contributed by atoms with Gasteiger partial charge in [-0.2, -0.15) is 0 Å². The molecular weight excluding hydrogens is 322 g/mol.